The van der Waals surface area contributed by atoms with E-state index in [4.69, 9.17) is 0 Å². The normalized spacial score (nSPS) is 17.8. The van der Waals surface area contributed by atoms with Crippen LogP contribution >= 0.6 is 11.3 Å². The van der Waals surface area contributed by atoms with Gasteiger partial charge in [-0.3, -0.25) is 4.79 Å². The molecular weight excluding hydrogens is 316 g/mol. The van der Waals surface area contributed by atoms with Crippen molar-refractivity contribution in [3.05, 3.63) is 46.2 Å². The van der Waals surface area contributed by atoms with Crippen molar-refractivity contribution in [2.75, 3.05) is 17.2 Å². The number of carbonyl (C=O) groups is 1. The van der Waals surface area contributed by atoms with E-state index < -0.39 is 0 Å². The molecule has 0 radical (unpaired) electrons. The molecule has 1 amide bonds. The molecule has 0 spiro atoms. The highest BCUT2D eigenvalue weighted by Gasteiger charge is 2.28. The highest BCUT2D eigenvalue weighted by Crippen LogP contribution is 2.43. The predicted octanol–water partition coefficient (Wildman–Crippen LogP) is 5.48. The first kappa shape index (κ1) is 15.7. The quantitative estimate of drug-likeness (QED) is 0.731. The Bertz CT molecular complexity index is 697. The molecule has 24 heavy (non-hydrogen) atoms. The summed E-state index contributed by atoms with van der Waals surface area (Å²) in [6, 6.07) is 10.2. The van der Waals surface area contributed by atoms with Gasteiger partial charge in [0.15, 0.2) is 0 Å². The molecule has 1 heterocycles. The number of anilines is 2. The fourth-order valence-corrected chi connectivity index (χ4v) is 4.44. The Morgan fingerprint density at radius 1 is 1.00 bits per heavy atom. The number of thiophene rings is 1. The van der Waals surface area contributed by atoms with Crippen LogP contribution in [-0.2, 0) is 0 Å². The zero-order valence-electron chi connectivity index (χ0n) is 13.9. The Morgan fingerprint density at radius 3 is 2.42 bits per heavy atom. The number of nitrogens with one attached hydrogen (secondary N) is 2. The van der Waals surface area contributed by atoms with Crippen LogP contribution in [-0.4, -0.2) is 12.5 Å². The van der Waals surface area contributed by atoms with Crippen molar-refractivity contribution in [2.45, 2.75) is 44.4 Å². The summed E-state index contributed by atoms with van der Waals surface area (Å²) in [6.45, 7) is 1.06. The van der Waals surface area contributed by atoms with Crippen LogP contribution in [0.25, 0.3) is 0 Å². The predicted molar refractivity (Wildman–Crippen MR) is 101 cm³/mol. The van der Waals surface area contributed by atoms with Crippen LogP contribution in [0.4, 0.5) is 11.4 Å². The van der Waals surface area contributed by atoms with Gasteiger partial charge in [0.2, 0.25) is 0 Å². The average molecular weight is 340 g/mol. The maximum atomic E-state index is 12.5. The van der Waals surface area contributed by atoms with Crippen LogP contribution in [0.2, 0.25) is 0 Å². The molecule has 0 unspecified atom stereocenters. The second-order valence-electron chi connectivity index (χ2n) is 7.04. The smallest absolute Gasteiger partial charge is 0.266 e. The Labute approximate surface area is 147 Å². The highest BCUT2D eigenvalue weighted by atomic mass is 32.1. The molecular formula is C20H24N2OS. The minimum Gasteiger partial charge on any atom is -0.385 e. The molecule has 1 aromatic heterocycles. The van der Waals surface area contributed by atoms with Gasteiger partial charge in [0, 0.05) is 17.9 Å². The molecule has 3 nitrogen and oxygen atoms in total. The van der Waals surface area contributed by atoms with E-state index in [9.17, 15) is 4.79 Å². The van der Waals surface area contributed by atoms with E-state index in [2.05, 4.69) is 28.8 Å². The van der Waals surface area contributed by atoms with Gasteiger partial charge in [-0.15, -0.1) is 11.3 Å². The molecule has 2 fully saturated rings. The summed E-state index contributed by atoms with van der Waals surface area (Å²) in [5.41, 5.74) is 3.23. The van der Waals surface area contributed by atoms with Crippen LogP contribution < -0.4 is 10.6 Å². The molecule has 2 aliphatic rings. The topological polar surface area (TPSA) is 41.1 Å². The molecule has 2 saturated carbocycles. The standard InChI is InChI=1S/C20H24N2OS/c23-20(19-18(11-12-24-19)15-5-6-15)22-17-9-7-16(8-10-17)21-13-14-3-1-2-4-14/h7-12,14-15,21H,1-6,13H2,(H,22,23). The van der Waals surface area contributed by atoms with Gasteiger partial charge in [-0.2, -0.15) is 0 Å². The third-order valence-corrected chi connectivity index (χ3v) is 6.06. The average Bonchev–Trinajstić information content (AvgIpc) is 3.11. The largest absolute Gasteiger partial charge is 0.385 e. The minimum absolute atomic E-state index is 0.0264. The van der Waals surface area contributed by atoms with E-state index >= 15 is 0 Å². The molecule has 4 rings (SSSR count). The number of benzene rings is 1. The highest BCUT2D eigenvalue weighted by molar-refractivity contribution is 7.12. The van der Waals surface area contributed by atoms with Gasteiger partial charge < -0.3 is 10.6 Å². The molecule has 126 valence electrons. The second kappa shape index (κ2) is 6.98. The number of carbonyl (C=O) groups excluding carboxylic acids is 1. The summed E-state index contributed by atoms with van der Waals surface area (Å²) < 4.78 is 0. The number of rotatable bonds is 6. The van der Waals surface area contributed by atoms with E-state index in [1.54, 1.807) is 11.3 Å². The van der Waals surface area contributed by atoms with Gasteiger partial charge in [0.1, 0.15) is 0 Å². The summed E-state index contributed by atoms with van der Waals surface area (Å²) in [6.07, 6.45) is 7.90. The van der Waals surface area contributed by atoms with E-state index in [1.165, 1.54) is 44.1 Å². The van der Waals surface area contributed by atoms with Crippen LogP contribution in [0.3, 0.4) is 0 Å². The second-order valence-corrected chi connectivity index (χ2v) is 7.96. The van der Waals surface area contributed by atoms with Crippen molar-refractivity contribution in [1.29, 1.82) is 0 Å². The molecule has 0 atom stereocenters. The van der Waals surface area contributed by atoms with Crippen molar-refractivity contribution in [2.24, 2.45) is 5.92 Å². The van der Waals surface area contributed by atoms with Crippen LogP contribution in [0.15, 0.2) is 35.7 Å². The summed E-state index contributed by atoms with van der Waals surface area (Å²) in [5, 5.41) is 8.58. The molecule has 1 aromatic carbocycles. The number of hydrogen-bond donors (Lipinski definition) is 2. The molecule has 4 heteroatoms. The lowest BCUT2D eigenvalue weighted by atomic mass is 10.1. The Morgan fingerprint density at radius 2 is 1.71 bits per heavy atom. The first-order valence-electron chi connectivity index (χ1n) is 9.02. The third kappa shape index (κ3) is 3.64. The summed E-state index contributed by atoms with van der Waals surface area (Å²) >= 11 is 1.55. The fourth-order valence-electron chi connectivity index (χ4n) is 3.56. The van der Waals surface area contributed by atoms with Crippen molar-refractivity contribution < 1.29 is 4.79 Å². The minimum atomic E-state index is 0.0264. The zero-order chi connectivity index (χ0) is 16.4. The van der Waals surface area contributed by atoms with Crippen molar-refractivity contribution in [3.63, 3.8) is 0 Å². The lowest BCUT2D eigenvalue weighted by Gasteiger charge is -2.12. The van der Waals surface area contributed by atoms with Crippen molar-refractivity contribution >= 4 is 28.6 Å². The monoisotopic (exact) mass is 340 g/mol. The Hall–Kier alpha value is -1.81. The van der Waals surface area contributed by atoms with Gasteiger partial charge >= 0.3 is 0 Å². The summed E-state index contributed by atoms with van der Waals surface area (Å²) in [4.78, 5) is 13.4. The third-order valence-electron chi connectivity index (χ3n) is 5.13. The Kier molecular flexibility index (Phi) is 4.56. The first-order valence-corrected chi connectivity index (χ1v) is 9.90. The van der Waals surface area contributed by atoms with Gasteiger partial charge in [-0.1, -0.05) is 12.8 Å². The summed E-state index contributed by atoms with van der Waals surface area (Å²) in [5.74, 6) is 1.46. The van der Waals surface area contributed by atoms with Gasteiger partial charge in [-0.05, 0) is 78.8 Å². The van der Waals surface area contributed by atoms with Gasteiger partial charge in [-0.25, -0.2) is 0 Å². The molecule has 2 aromatic rings. The van der Waals surface area contributed by atoms with Gasteiger partial charge in [0.25, 0.3) is 5.91 Å². The molecule has 0 bridgehead atoms. The van der Waals surface area contributed by atoms with E-state index in [0.29, 0.717) is 5.92 Å². The van der Waals surface area contributed by atoms with Gasteiger partial charge in [0.05, 0.1) is 4.88 Å². The maximum absolute atomic E-state index is 12.5. The molecule has 0 saturated heterocycles. The molecule has 2 N–H and O–H groups in total. The van der Waals surface area contributed by atoms with E-state index in [0.717, 1.165) is 28.7 Å². The van der Waals surface area contributed by atoms with E-state index in [1.807, 2.05) is 17.5 Å². The first-order chi connectivity index (χ1) is 11.8. The van der Waals surface area contributed by atoms with Crippen LogP contribution in [0, 0.1) is 5.92 Å². The number of amides is 1. The number of hydrogen-bond acceptors (Lipinski definition) is 3. The molecule has 2 aliphatic carbocycles. The van der Waals surface area contributed by atoms with Crippen LogP contribution in [0.5, 0.6) is 0 Å². The van der Waals surface area contributed by atoms with Crippen molar-refractivity contribution in [3.8, 4) is 0 Å². The van der Waals surface area contributed by atoms with E-state index in [-0.39, 0.29) is 5.91 Å². The SMILES string of the molecule is O=C(Nc1ccc(NCC2CCCC2)cc1)c1sccc1C1CC1. The fraction of sp³-hybridized carbons (Fsp3) is 0.450. The lowest BCUT2D eigenvalue weighted by molar-refractivity contribution is 0.102. The molecule has 0 aliphatic heterocycles. The lowest BCUT2D eigenvalue weighted by Crippen LogP contribution is -2.12. The maximum Gasteiger partial charge on any atom is 0.266 e. The zero-order valence-corrected chi connectivity index (χ0v) is 14.7. The summed E-state index contributed by atoms with van der Waals surface area (Å²) in [7, 11) is 0. The van der Waals surface area contributed by atoms with Crippen LogP contribution in [0.1, 0.15) is 59.7 Å². The van der Waals surface area contributed by atoms with Crippen molar-refractivity contribution in [1.82, 2.24) is 0 Å². The Balaban J connectivity index is 1.34.